The van der Waals surface area contributed by atoms with Crippen LogP contribution in [0.25, 0.3) is 5.57 Å². The predicted molar refractivity (Wildman–Crippen MR) is 72.8 cm³/mol. The second-order valence-electron chi connectivity index (χ2n) is 5.44. The van der Waals surface area contributed by atoms with Crippen LogP contribution in [0.2, 0.25) is 0 Å². The van der Waals surface area contributed by atoms with Crippen molar-refractivity contribution in [2.45, 2.75) is 37.6 Å². The maximum Gasteiger partial charge on any atom is 0.407 e. The summed E-state index contributed by atoms with van der Waals surface area (Å²) in [5, 5.41) is 9.31. The molecule has 1 N–H and O–H groups in total. The van der Waals surface area contributed by atoms with Crippen molar-refractivity contribution in [3.63, 3.8) is 0 Å². The molecule has 0 bridgehead atoms. The maximum atomic E-state index is 11.3. The van der Waals surface area contributed by atoms with Gasteiger partial charge in [0.1, 0.15) is 0 Å². The molecule has 1 fully saturated rings. The van der Waals surface area contributed by atoms with Crippen molar-refractivity contribution < 1.29 is 9.90 Å². The van der Waals surface area contributed by atoms with Crippen LogP contribution in [0, 0.1) is 0 Å². The number of hydrogen-bond acceptors (Lipinski definition) is 2. The number of aromatic nitrogens is 1. The summed E-state index contributed by atoms with van der Waals surface area (Å²) in [6.45, 7) is 0.686. The normalized spacial score (nSPS) is 26.5. The Hall–Kier alpha value is -1.84. The van der Waals surface area contributed by atoms with Gasteiger partial charge in [0, 0.05) is 18.9 Å². The summed E-state index contributed by atoms with van der Waals surface area (Å²) in [7, 11) is 0. The lowest BCUT2D eigenvalue weighted by Crippen LogP contribution is -2.47. The first-order valence-corrected chi connectivity index (χ1v) is 6.81. The molecule has 4 nitrogen and oxygen atoms in total. The molecule has 1 aromatic heterocycles. The molecule has 1 amide bonds. The smallest absolute Gasteiger partial charge is 0.407 e. The lowest BCUT2D eigenvalue weighted by atomic mass is 9.79. The highest BCUT2D eigenvalue weighted by Gasteiger charge is 2.44. The first-order chi connectivity index (χ1) is 9.21. The molecule has 1 atom stereocenters. The van der Waals surface area contributed by atoms with Crippen LogP contribution in [-0.2, 0) is 0 Å². The highest BCUT2D eigenvalue weighted by molar-refractivity contribution is 5.69. The molecule has 1 aliphatic carbocycles. The van der Waals surface area contributed by atoms with Crippen LogP contribution in [-0.4, -0.2) is 33.2 Å². The zero-order valence-electron chi connectivity index (χ0n) is 10.9. The summed E-state index contributed by atoms with van der Waals surface area (Å²) in [5.74, 6) is 0. The van der Waals surface area contributed by atoms with Crippen LogP contribution in [0.5, 0.6) is 0 Å². The first-order valence-electron chi connectivity index (χ1n) is 6.81. The van der Waals surface area contributed by atoms with Crippen LogP contribution < -0.4 is 0 Å². The van der Waals surface area contributed by atoms with Crippen molar-refractivity contribution in [2.24, 2.45) is 0 Å². The maximum absolute atomic E-state index is 11.3. The number of carboxylic acid groups (broad SMARTS) is 1. The van der Waals surface area contributed by atoms with Gasteiger partial charge < -0.3 is 10.0 Å². The van der Waals surface area contributed by atoms with E-state index in [1.54, 1.807) is 11.1 Å². The van der Waals surface area contributed by atoms with Crippen molar-refractivity contribution >= 4 is 11.7 Å². The Labute approximate surface area is 112 Å². The summed E-state index contributed by atoms with van der Waals surface area (Å²) in [5.41, 5.74) is 2.32. The van der Waals surface area contributed by atoms with Gasteiger partial charge in [-0.25, -0.2) is 4.79 Å². The van der Waals surface area contributed by atoms with Gasteiger partial charge >= 0.3 is 6.09 Å². The highest BCUT2D eigenvalue weighted by Crippen LogP contribution is 2.42. The molecule has 0 saturated carbocycles. The molecule has 1 aromatic rings. The van der Waals surface area contributed by atoms with E-state index in [1.807, 2.05) is 12.3 Å². The van der Waals surface area contributed by atoms with Crippen LogP contribution >= 0.6 is 0 Å². The van der Waals surface area contributed by atoms with Crippen molar-refractivity contribution in [3.8, 4) is 0 Å². The third kappa shape index (κ3) is 2.11. The van der Waals surface area contributed by atoms with Crippen LogP contribution in [0.15, 0.2) is 30.6 Å². The van der Waals surface area contributed by atoms with Gasteiger partial charge in [0.15, 0.2) is 0 Å². The van der Waals surface area contributed by atoms with Crippen molar-refractivity contribution in [1.82, 2.24) is 9.88 Å². The molecular weight excluding hydrogens is 240 g/mol. The van der Waals surface area contributed by atoms with Crippen LogP contribution in [0.1, 0.15) is 37.7 Å². The molecule has 1 unspecified atom stereocenters. The van der Waals surface area contributed by atoms with E-state index in [0.717, 1.165) is 37.7 Å². The zero-order chi connectivity index (χ0) is 13.3. The Morgan fingerprint density at radius 1 is 1.42 bits per heavy atom. The number of amides is 1. The van der Waals surface area contributed by atoms with Gasteiger partial charge in [0.2, 0.25) is 0 Å². The average Bonchev–Trinajstić information content (AvgIpc) is 2.84. The number of nitrogens with zero attached hydrogens (tertiary/aromatic N) is 2. The Balaban J connectivity index is 1.82. The van der Waals surface area contributed by atoms with E-state index in [4.69, 9.17) is 0 Å². The summed E-state index contributed by atoms with van der Waals surface area (Å²) in [6.07, 6.45) is 9.79. The van der Waals surface area contributed by atoms with E-state index in [2.05, 4.69) is 17.1 Å². The van der Waals surface area contributed by atoms with Gasteiger partial charge in [-0.1, -0.05) is 12.1 Å². The third-order valence-corrected chi connectivity index (χ3v) is 4.45. The number of allylic oxidation sites excluding steroid dienone is 1. The number of pyridine rings is 1. The number of likely N-dealkylation sites (tertiary alicyclic amines) is 1. The minimum absolute atomic E-state index is 0.141. The van der Waals surface area contributed by atoms with Gasteiger partial charge in [-0.05, 0) is 49.3 Å². The molecule has 19 heavy (non-hydrogen) atoms. The average molecular weight is 258 g/mol. The fourth-order valence-electron chi connectivity index (χ4n) is 3.41. The van der Waals surface area contributed by atoms with Gasteiger partial charge in [-0.2, -0.15) is 0 Å². The molecule has 1 aliphatic heterocycles. The summed E-state index contributed by atoms with van der Waals surface area (Å²) in [4.78, 5) is 17.1. The molecule has 1 spiro atoms. The summed E-state index contributed by atoms with van der Waals surface area (Å²) >= 11 is 0. The molecule has 0 aromatic carbocycles. The fourth-order valence-corrected chi connectivity index (χ4v) is 3.41. The van der Waals surface area contributed by atoms with Crippen molar-refractivity contribution in [1.29, 1.82) is 0 Å². The van der Waals surface area contributed by atoms with Crippen LogP contribution in [0.4, 0.5) is 4.79 Å². The Morgan fingerprint density at radius 2 is 2.32 bits per heavy atom. The SMILES string of the molecule is O=C(O)N1CCCC12CC=C(c1cccnc1)CC2. The largest absolute Gasteiger partial charge is 0.465 e. The van der Waals surface area contributed by atoms with E-state index in [-0.39, 0.29) is 5.54 Å². The highest BCUT2D eigenvalue weighted by atomic mass is 16.4. The Kier molecular flexibility index (Phi) is 3.01. The fraction of sp³-hybridized carbons (Fsp3) is 0.467. The van der Waals surface area contributed by atoms with E-state index in [1.165, 1.54) is 5.57 Å². The Morgan fingerprint density at radius 3 is 2.95 bits per heavy atom. The van der Waals surface area contributed by atoms with E-state index in [0.29, 0.717) is 6.54 Å². The van der Waals surface area contributed by atoms with E-state index in [9.17, 15) is 9.90 Å². The first kappa shape index (κ1) is 12.2. The number of carbonyl (C=O) groups is 1. The molecule has 0 radical (unpaired) electrons. The standard InChI is InChI=1S/C15H18N2O2/c18-14(19)17-10-2-6-15(17)7-4-12(5-8-15)13-3-1-9-16-11-13/h1,3-4,9,11H,2,5-8,10H2,(H,18,19). The molecule has 2 heterocycles. The molecule has 100 valence electrons. The summed E-state index contributed by atoms with van der Waals surface area (Å²) < 4.78 is 0. The molecule has 3 rings (SSSR count). The third-order valence-electron chi connectivity index (χ3n) is 4.45. The minimum Gasteiger partial charge on any atom is -0.465 e. The van der Waals surface area contributed by atoms with E-state index >= 15 is 0 Å². The molecule has 4 heteroatoms. The molecular formula is C15H18N2O2. The summed E-state index contributed by atoms with van der Waals surface area (Å²) in [6, 6.07) is 4.01. The topological polar surface area (TPSA) is 53.4 Å². The lowest BCUT2D eigenvalue weighted by Gasteiger charge is -2.39. The minimum atomic E-state index is -0.768. The van der Waals surface area contributed by atoms with Gasteiger partial charge in [0.05, 0.1) is 5.54 Å². The zero-order valence-corrected chi connectivity index (χ0v) is 10.9. The lowest BCUT2D eigenvalue weighted by molar-refractivity contribution is 0.0969. The van der Waals surface area contributed by atoms with Gasteiger partial charge in [-0.3, -0.25) is 4.98 Å². The quantitative estimate of drug-likeness (QED) is 0.841. The Bertz CT molecular complexity index is 512. The van der Waals surface area contributed by atoms with Crippen molar-refractivity contribution in [2.75, 3.05) is 6.54 Å². The van der Waals surface area contributed by atoms with E-state index < -0.39 is 6.09 Å². The van der Waals surface area contributed by atoms with Gasteiger partial charge in [0.25, 0.3) is 0 Å². The van der Waals surface area contributed by atoms with Crippen molar-refractivity contribution in [3.05, 3.63) is 36.2 Å². The predicted octanol–water partition coefficient (Wildman–Crippen LogP) is 3.16. The number of rotatable bonds is 1. The second kappa shape index (κ2) is 4.68. The van der Waals surface area contributed by atoms with Gasteiger partial charge in [-0.15, -0.1) is 0 Å². The monoisotopic (exact) mass is 258 g/mol. The molecule has 1 saturated heterocycles. The second-order valence-corrected chi connectivity index (χ2v) is 5.44. The van der Waals surface area contributed by atoms with Crippen LogP contribution in [0.3, 0.4) is 0 Å². The molecule has 2 aliphatic rings. The number of hydrogen-bond donors (Lipinski definition) is 1.